The van der Waals surface area contributed by atoms with Gasteiger partial charge in [-0.1, -0.05) is 26.6 Å². The maximum absolute atomic E-state index is 13.6. The monoisotopic (exact) mass is 691 g/mol. The normalized spacial score (nSPS) is 21.3. The molecule has 4 rings (SSSR count). The van der Waals surface area contributed by atoms with Gasteiger partial charge >= 0.3 is 11.9 Å². The van der Waals surface area contributed by atoms with Crippen LogP contribution in [-0.2, 0) is 38.6 Å². The molecule has 0 radical (unpaired) electrons. The number of carboxylic acids is 2. The molecule has 2 atom stereocenters. The van der Waals surface area contributed by atoms with Crippen LogP contribution in [0.25, 0.3) is 22.0 Å². The smallest absolute Gasteiger partial charge is 0.342 e. The van der Waals surface area contributed by atoms with Crippen LogP contribution in [0.1, 0.15) is 80.8 Å². The van der Waals surface area contributed by atoms with Crippen molar-refractivity contribution in [2.45, 2.75) is 60.5 Å². The number of amidine groups is 1. The van der Waals surface area contributed by atoms with Gasteiger partial charge in [0.25, 0.3) is 0 Å². The number of nitrogens with zero attached hydrogens (tertiary/aromatic N) is 3. The van der Waals surface area contributed by atoms with E-state index < -0.39 is 35.3 Å². The zero-order valence-electron chi connectivity index (χ0n) is 26.9. The van der Waals surface area contributed by atoms with E-state index in [9.17, 15) is 34.2 Å². The summed E-state index contributed by atoms with van der Waals surface area (Å²) in [7, 11) is 0. The number of anilines is 1. The third kappa shape index (κ3) is 7.92. The predicted molar refractivity (Wildman–Crippen MR) is 166 cm³/mol. The van der Waals surface area contributed by atoms with Gasteiger partial charge in [0.2, 0.25) is 5.91 Å². The average Bonchev–Trinajstić information content (AvgIpc) is 3.44. The molecule has 2 unspecified atom stereocenters. The Labute approximate surface area is 284 Å². The Hall–Kier alpha value is -4.89. The molecule has 13 nitrogen and oxygen atoms in total. The van der Waals surface area contributed by atoms with Crippen molar-refractivity contribution in [3.63, 3.8) is 0 Å². The third-order valence-corrected chi connectivity index (χ3v) is 7.97. The quantitative estimate of drug-likeness (QED) is 0.220. The molecule has 0 bridgehead atoms. The summed E-state index contributed by atoms with van der Waals surface area (Å²) in [6.45, 7) is 18.1. The second-order valence-electron chi connectivity index (χ2n) is 11.8. The number of allylic oxidation sites excluding steroid dienone is 1. The number of aromatic nitrogens is 1. The molecule has 2 aromatic rings. The van der Waals surface area contributed by atoms with Crippen LogP contribution in [0, 0.1) is 24.3 Å². The number of benzene rings is 1. The first-order valence-corrected chi connectivity index (χ1v) is 14.6. The Morgan fingerprint density at radius 1 is 1.04 bits per heavy atom. The van der Waals surface area contributed by atoms with Gasteiger partial charge in [0.1, 0.15) is 23.4 Å². The van der Waals surface area contributed by atoms with E-state index in [1.165, 1.54) is 26.0 Å². The van der Waals surface area contributed by atoms with Gasteiger partial charge in [0.15, 0.2) is 5.69 Å². The molecular formula is C33H33N5O8Zn-2. The Bertz CT molecular complexity index is 1750. The number of carboxylic acid groups (broad SMARTS) is 2. The molecule has 242 valence electrons. The number of esters is 1. The van der Waals surface area contributed by atoms with Crippen LogP contribution < -0.4 is 20.7 Å². The molecule has 2 aliphatic rings. The van der Waals surface area contributed by atoms with Crippen LogP contribution in [0.2, 0.25) is 0 Å². The minimum absolute atomic E-state index is 0. The first kappa shape index (κ1) is 36.6. The van der Waals surface area contributed by atoms with Crippen LogP contribution in [0.15, 0.2) is 40.0 Å². The van der Waals surface area contributed by atoms with Crippen molar-refractivity contribution in [1.82, 2.24) is 10.3 Å². The molecule has 1 saturated carbocycles. The number of aliphatic imine (C=N–C) groups is 1. The van der Waals surface area contributed by atoms with Gasteiger partial charge in [-0.3, -0.25) is 9.59 Å². The molecule has 2 heterocycles. The second-order valence-corrected chi connectivity index (χ2v) is 11.8. The molecular weight excluding hydrogens is 660 g/mol. The van der Waals surface area contributed by atoms with Crippen molar-refractivity contribution in [2.75, 3.05) is 5.32 Å². The molecule has 0 saturated heterocycles. The van der Waals surface area contributed by atoms with E-state index in [0.29, 0.717) is 11.5 Å². The number of amides is 2. The Morgan fingerprint density at radius 2 is 1.64 bits per heavy atom. The van der Waals surface area contributed by atoms with Crippen molar-refractivity contribution in [2.24, 2.45) is 22.7 Å². The fraction of sp³-hybridized carbons (Fsp3) is 0.364. The Balaban J connectivity index is 0.00000600. The zero-order chi connectivity index (χ0) is 34.0. The molecule has 47 heavy (non-hydrogen) atoms. The topological polar surface area (TPSA) is 193 Å². The summed E-state index contributed by atoms with van der Waals surface area (Å²) in [6, 6.07) is 3.22. The maximum Gasteiger partial charge on any atom is 0.342 e. The van der Waals surface area contributed by atoms with Crippen molar-refractivity contribution in [3.8, 4) is 11.1 Å². The summed E-state index contributed by atoms with van der Waals surface area (Å²) in [6.07, 6.45) is 2.84. The van der Waals surface area contributed by atoms with Crippen LogP contribution in [-0.4, -0.2) is 46.8 Å². The number of ether oxygens (including phenoxy) is 1. The molecule has 3 N–H and O–H groups in total. The molecule has 1 aliphatic carbocycles. The van der Waals surface area contributed by atoms with Crippen LogP contribution in [0.4, 0.5) is 11.5 Å². The number of nitrogens with one attached hydrogen (secondary N) is 2. The first-order chi connectivity index (χ1) is 21.6. The number of carbonyl (C=O) groups is 5. The van der Waals surface area contributed by atoms with Crippen molar-refractivity contribution >= 4 is 53.1 Å². The zero-order valence-corrected chi connectivity index (χ0v) is 29.9. The Morgan fingerprint density at radius 3 is 2.17 bits per heavy atom. The summed E-state index contributed by atoms with van der Waals surface area (Å²) in [5.74, 6) is -4.24. The minimum atomic E-state index is -1.64. The van der Waals surface area contributed by atoms with Crippen LogP contribution in [0.5, 0.6) is 0 Å². The second kappa shape index (κ2) is 14.7. The average molecular weight is 693 g/mol. The van der Waals surface area contributed by atoms with Gasteiger partial charge in [0.05, 0.1) is 23.8 Å². The predicted octanol–water partition coefficient (Wildman–Crippen LogP) is 3.70. The fourth-order valence-corrected chi connectivity index (χ4v) is 6.19. The first-order valence-electron chi connectivity index (χ1n) is 14.6. The van der Waals surface area contributed by atoms with E-state index in [0.717, 1.165) is 25.0 Å². The van der Waals surface area contributed by atoms with Crippen LogP contribution >= 0.6 is 0 Å². The van der Waals surface area contributed by atoms with Crippen molar-refractivity contribution in [1.29, 1.82) is 0 Å². The van der Waals surface area contributed by atoms with E-state index in [4.69, 9.17) is 11.3 Å². The summed E-state index contributed by atoms with van der Waals surface area (Å²) in [4.78, 5) is 73.6. The fourth-order valence-electron chi connectivity index (χ4n) is 6.19. The molecule has 1 aliphatic heterocycles. The van der Waals surface area contributed by atoms with E-state index in [-0.39, 0.29) is 88.4 Å². The van der Waals surface area contributed by atoms with Gasteiger partial charge in [-0.25, -0.2) is 19.4 Å². The summed E-state index contributed by atoms with van der Waals surface area (Å²) >= 11 is 0. The standard InChI is InChI=1S/C33H35N5O8.Zn/c1-14-8-15(2)28(16(3)9-14)46-33(45)25-17(4)23(37-29(25)35-18(5)39)13-24-26(27(34-7)30(38-24)36-19(6)40)20-10-21(31(41)42)12-22(11-20)32(43)44;/h10-16,28H,8-9H2,1-6H3,(H5,35,36,37,38,39,40,41,42,43,44,45);/p-2. The SMILES string of the molecule is [C-]#[N+]c1c(NC(C)=O)[n-]c(/C=C2\N=C(NC(C)=O)C(C(=O)OC3C(C)CC(C)CC3C)=C2C)c1-c1cc(C(=O)[O-])cc(C(=O)O)c1.[Zn]. The van der Waals surface area contributed by atoms with Gasteiger partial charge in [-0.05, 0) is 96.7 Å². The van der Waals surface area contributed by atoms with Gasteiger partial charge in [-0.2, -0.15) is 0 Å². The Kier molecular flexibility index (Phi) is 11.4. The molecule has 0 spiro atoms. The largest absolute Gasteiger partial charge is 0.545 e. The molecule has 14 heteroatoms. The van der Waals surface area contributed by atoms with Crippen molar-refractivity contribution < 1.29 is 58.4 Å². The van der Waals surface area contributed by atoms with E-state index >= 15 is 0 Å². The minimum Gasteiger partial charge on any atom is -0.545 e. The van der Waals surface area contributed by atoms with E-state index in [1.54, 1.807) is 6.92 Å². The van der Waals surface area contributed by atoms with E-state index in [1.807, 2.05) is 13.8 Å². The summed E-state index contributed by atoms with van der Waals surface area (Å²) in [5.41, 5.74) is -0.486. The maximum atomic E-state index is 13.6. The third-order valence-electron chi connectivity index (χ3n) is 7.97. The molecule has 1 aromatic heterocycles. The summed E-state index contributed by atoms with van der Waals surface area (Å²) < 4.78 is 6.00. The number of carbonyl (C=O) groups excluding carboxylic acids is 4. The molecule has 1 fully saturated rings. The van der Waals surface area contributed by atoms with Gasteiger partial charge < -0.3 is 35.4 Å². The van der Waals surface area contributed by atoms with Crippen LogP contribution in [0.3, 0.4) is 0 Å². The van der Waals surface area contributed by atoms with Crippen molar-refractivity contribution in [3.05, 3.63) is 63.3 Å². The molecule has 1 aromatic carbocycles. The number of rotatable bonds is 7. The summed E-state index contributed by atoms with van der Waals surface area (Å²) in [5, 5.41) is 26.4. The number of hydrogen-bond acceptors (Lipinski definition) is 8. The number of aromatic carboxylic acids is 2. The number of hydrogen-bond donors (Lipinski definition) is 3. The van der Waals surface area contributed by atoms with E-state index in [2.05, 4.69) is 32.4 Å². The van der Waals surface area contributed by atoms with Gasteiger partial charge in [0, 0.05) is 26.4 Å². The van der Waals surface area contributed by atoms with Gasteiger partial charge in [-0.15, -0.1) is 0 Å². The molecule has 2 amide bonds.